The van der Waals surface area contributed by atoms with E-state index < -0.39 is 11.7 Å². The summed E-state index contributed by atoms with van der Waals surface area (Å²) in [5.74, 6) is -0.475. The fourth-order valence-corrected chi connectivity index (χ4v) is 2.13. The van der Waals surface area contributed by atoms with Gasteiger partial charge in [-0.3, -0.25) is 0 Å². The van der Waals surface area contributed by atoms with E-state index in [0.29, 0.717) is 15.8 Å². The van der Waals surface area contributed by atoms with E-state index in [1.807, 2.05) is 6.07 Å². The van der Waals surface area contributed by atoms with Gasteiger partial charge in [0.05, 0.1) is 26.2 Å². The Bertz CT molecular complexity index is 443. The van der Waals surface area contributed by atoms with Gasteiger partial charge in [-0.2, -0.15) is 5.26 Å². The Kier molecular flexibility index (Phi) is 4.13. The highest BCUT2D eigenvalue weighted by molar-refractivity contribution is 9.10. The lowest BCUT2D eigenvalue weighted by atomic mass is 10.0. The van der Waals surface area contributed by atoms with Crippen LogP contribution in [0.15, 0.2) is 10.5 Å². The molecule has 1 rings (SSSR count). The van der Waals surface area contributed by atoms with Crippen molar-refractivity contribution >= 4 is 15.9 Å². The molecule has 1 atom stereocenters. The molecule has 86 valence electrons. The molecule has 0 radical (unpaired) electrons. The number of hydrogen-bond acceptors (Lipinski definition) is 3. The molecule has 0 heterocycles. The van der Waals surface area contributed by atoms with Crippen molar-refractivity contribution in [3.63, 3.8) is 0 Å². The van der Waals surface area contributed by atoms with Crippen LogP contribution in [-0.4, -0.2) is 14.2 Å². The number of ether oxygens (including phenoxy) is 2. The van der Waals surface area contributed by atoms with Gasteiger partial charge in [0, 0.05) is 5.56 Å². The monoisotopic (exact) mass is 287 g/mol. The van der Waals surface area contributed by atoms with Crippen LogP contribution in [0, 0.1) is 17.1 Å². The molecule has 0 N–H and O–H groups in total. The number of halogens is 2. The number of nitriles is 1. The molecule has 3 nitrogen and oxygen atoms in total. The summed E-state index contributed by atoms with van der Waals surface area (Å²) in [6.45, 7) is 1.68. The Morgan fingerprint density at radius 3 is 2.38 bits per heavy atom. The van der Waals surface area contributed by atoms with Gasteiger partial charge in [-0.1, -0.05) is 0 Å². The SMILES string of the molecule is COc1c(F)cc(C(C)C#N)c(OC)c1Br. The molecule has 0 aliphatic heterocycles. The molecule has 0 aliphatic rings. The van der Waals surface area contributed by atoms with Crippen molar-refractivity contribution in [3.05, 3.63) is 21.9 Å². The molecule has 16 heavy (non-hydrogen) atoms. The Morgan fingerprint density at radius 1 is 1.38 bits per heavy atom. The summed E-state index contributed by atoms with van der Waals surface area (Å²) in [4.78, 5) is 0. The van der Waals surface area contributed by atoms with Gasteiger partial charge in [0.1, 0.15) is 10.2 Å². The fraction of sp³-hybridized carbons (Fsp3) is 0.364. The molecule has 0 amide bonds. The molecule has 5 heteroatoms. The highest BCUT2D eigenvalue weighted by Gasteiger charge is 2.21. The Hall–Kier alpha value is -1.28. The molecule has 1 unspecified atom stereocenters. The molecule has 0 fully saturated rings. The number of methoxy groups -OCH3 is 2. The Balaban J connectivity index is 3.48. The van der Waals surface area contributed by atoms with Crippen LogP contribution in [0.25, 0.3) is 0 Å². The van der Waals surface area contributed by atoms with Crippen LogP contribution in [0.2, 0.25) is 0 Å². The summed E-state index contributed by atoms with van der Waals surface area (Å²) in [6.07, 6.45) is 0. The first-order valence-corrected chi connectivity index (χ1v) is 5.35. The standard InChI is InChI=1S/C11H11BrFNO2/c1-6(5-14)7-4-8(13)11(16-3)9(12)10(7)15-2/h4,6H,1-3H3. The Labute approximate surface area is 102 Å². The maximum absolute atomic E-state index is 13.6. The number of benzene rings is 1. The molecular formula is C11H11BrFNO2. The topological polar surface area (TPSA) is 42.2 Å². The van der Waals surface area contributed by atoms with E-state index in [1.54, 1.807) is 6.92 Å². The third-order valence-electron chi connectivity index (χ3n) is 2.23. The number of nitrogens with zero attached hydrogens (tertiary/aromatic N) is 1. The van der Waals surface area contributed by atoms with Crippen molar-refractivity contribution in [3.8, 4) is 17.6 Å². The first-order chi connectivity index (χ1) is 7.56. The Morgan fingerprint density at radius 2 is 1.94 bits per heavy atom. The van der Waals surface area contributed by atoms with E-state index in [4.69, 9.17) is 14.7 Å². The van der Waals surface area contributed by atoms with Crippen molar-refractivity contribution in [2.45, 2.75) is 12.8 Å². The van der Waals surface area contributed by atoms with Gasteiger partial charge in [0.2, 0.25) is 0 Å². The summed E-state index contributed by atoms with van der Waals surface area (Å²) < 4.78 is 24.0. The van der Waals surface area contributed by atoms with Crippen LogP contribution in [0.5, 0.6) is 11.5 Å². The van der Waals surface area contributed by atoms with Crippen LogP contribution >= 0.6 is 15.9 Å². The van der Waals surface area contributed by atoms with Gasteiger partial charge in [-0.25, -0.2) is 4.39 Å². The average molecular weight is 288 g/mol. The second kappa shape index (κ2) is 5.17. The van der Waals surface area contributed by atoms with Crippen LogP contribution in [0.3, 0.4) is 0 Å². The third kappa shape index (κ3) is 2.12. The van der Waals surface area contributed by atoms with Gasteiger partial charge in [-0.15, -0.1) is 0 Å². The van der Waals surface area contributed by atoms with E-state index in [9.17, 15) is 4.39 Å². The molecule has 0 aromatic heterocycles. The number of rotatable bonds is 3. The van der Waals surface area contributed by atoms with Crippen LogP contribution in [0.4, 0.5) is 4.39 Å². The summed E-state index contributed by atoms with van der Waals surface area (Å²) in [5, 5.41) is 8.84. The van der Waals surface area contributed by atoms with Gasteiger partial charge >= 0.3 is 0 Å². The first kappa shape index (κ1) is 12.8. The molecule has 0 saturated heterocycles. The van der Waals surface area contributed by atoms with Gasteiger partial charge in [-0.05, 0) is 28.9 Å². The zero-order chi connectivity index (χ0) is 12.3. The van der Waals surface area contributed by atoms with Crippen LogP contribution in [-0.2, 0) is 0 Å². The molecule has 0 aliphatic carbocycles. The zero-order valence-corrected chi connectivity index (χ0v) is 10.8. The van der Waals surface area contributed by atoms with Gasteiger partial charge in [0.15, 0.2) is 11.6 Å². The third-order valence-corrected chi connectivity index (χ3v) is 2.95. The van der Waals surface area contributed by atoms with Crippen molar-refractivity contribution in [2.75, 3.05) is 14.2 Å². The summed E-state index contributed by atoms with van der Waals surface area (Å²) in [7, 11) is 2.83. The molecule has 1 aromatic carbocycles. The minimum atomic E-state index is -0.521. The maximum Gasteiger partial charge on any atom is 0.172 e. The van der Waals surface area contributed by atoms with E-state index >= 15 is 0 Å². The van der Waals surface area contributed by atoms with E-state index in [1.165, 1.54) is 20.3 Å². The highest BCUT2D eigenvalue weighted by atomic mass is 79.9. The highest BCUT2D eigenvalue weighted by Crippen LogP contribution is 2.41. The minimum Gasteiger partial charge on any atom is -0.495 e. The first-order valence-electron chi connectivity index (χ1n) is 4.56. The summed E-state index contributed by atoms with van der Waals surface area (Å²) >= 11 is 3.20. The molecule has 0 saturated carbocycles. The average Bonchev–Trinajstić information content (AvgIpc) is 2.28. The van der Waals surface area contributed by atoms with E-state index in [0.717, 1.165) is 0 Å². The summed E-state index contributed by atoms with van der Waals surface area (Å²) in [6, 6.07) is 3.30. The fourth-order valence-electron chi connectivity index (χ4n) is 1.39. The van der Waals surface area contributed by atoms with E-state index in [2.05, 4.69) is 15.9 Å². The largest absolute Gasteiger partial charge is 0.495 e. The molecule has 0 spiro atoms. The van der Waals surface area contributed by atoms with Gasteiger partial charge in [0.25, 0.3) is 0 Å². The van der Waals surface area contributed by atoms with Gasteiger partial charge < -0.3 is 9.47 Å². The maximum atomic E-state index is 13.6. The van der Waals surface area contributed by atoms with Crippen LogP contribution in [0.1, 0.15) is 18.4 Å². The smallest absolute Gasteiger partial charge is 0.172 e. The lowest BCUT2D eigenvalue weighted by Gasteiger charge is -2.15. The predicted molar refractivity (Wildman–Crippen MR) is 61.2 cm³/mol. The van der Waals surface area contributed by atoms with Crippen molar-refractivity contribution < 1.29 is 13.9 Å². The molecule has 1 aromatic rings. The molecule has 0 bridgehead atoms. The number of hydrogen-bond donors (Lipinski definition) is 0. The van der Waals surface area contributed by atoms with Crippen molar-refractivity contribution in [1.29, 1.82) is 5.26 Å². The quantitative estimate of drug-likeness (QED) is 0.857. The van der Waals surface area contributed by atoms with Crippen molar-refractivity contribution in [2.24, 2.45) is 0 Å². The lowest BCUT2D eigenvalue weighted by Crippen LogP contribution is -2.00. The normalized spacial score (nSPS) is 11.8. The second-order valence-corrected chi connectivity index (χ2v) is 3.97. The van der Waals surface area contributed by atoms with Crippen LogP contribution < -0.4 is 9.47 Å². The van der Waals surface area contributed by atoms with Crippen molar-refractivity contribution in [1.82, 2.24) is 0 Å². The molecular weight excluding hydrogens is 277 g/mol. The predicted octanol–water partition coefficient (Wildman–Crippen LogP) is 3.23. The zero-order valence-electron chi connectivity index (χ0n) is 9.17. The lowest BCUT2D eigenvalue weighted by molar-refractivity contribution is 0.366. The van der Waals surface area contributed by atoms with E-state index in [-0.39, 0.29) is 5.75 Å². The minimum absolute atomic E-state index is 0.0748. The summed E-state index contributed by atoms with van der Waals surface area (Å²) in [5.41, 5.74) is 0.496. The second-order valence-electron chi connectivity index (χ2n) is 3.18.